The van der Waals surface area contributed by atoms with Gasteiger partial charge in [-0.3, -0.25) is 10.1 Å². The van der Waals surface area contributed by atoms with Crippen LogP contribution in [0.25, 0.3) is 0 Å². The Morgan fingerprint density at radius 2 is 2.43 bits per heavy atom. The Labute approximate surface area is 46.3 Å². The Kier molecular flexibility index (Phi) is 1.20. The number of rotatable bonds is 0. The highest BCUT2D eigenvalue weighted by Gasteiger charge is 2.05. The van der Waals surface area contributed by atoms with Crippen molar-refractivity contribution in [2.75, 3.05) is 0 Å². The maximum absolute atomic E-state index is 5.59. The summed E-state index contributed by atoms with van der Waals surface area (Å²) in [5, 5.41) is 7.49. The molecule has 2 unspecified atom stereocenters. The molecule has 0 spiro atoms. The van der Waals surface area contributed by atoms with Crippen LogP contribution in [0, 0.1) is 0 Å². The zero-order valence-corrected chi connectivity index (χ0v) is 5.71. The van der Waals surface area contributed by atoms with Gasteiger partial charge in [0.25, 0.3) is 0 Å². The molecule has 1 heterocycles. The Morgan fingerprint density at radius 1 is 1.71 bits per heavy atom. The lowest BCUT2D eigenvalue weighted by Gasteiger charge is -2.14. The smallest absolute Gasteiger partial charge is 0.0614 e. The van der Waals surface area contributed by atoms with Crippen molar-refractivity contribution >= 4 is 23.8 Å². The molecular weight excluding hydrogens is 127 g/mol. The first-order valence-corrected chi connectivity index (χ1v) is 5.09. The molecule has 0 saturated carbocycles. The molecule has 2 nitrogen and oxygen atoms in total. The van der Waals surface area contributed by atoms with Crippen molar-refractivity contribution in [3.63, 3.8) is 0 Å². The van der Waals surface area contributed by atoms with Gasteiger partial charge in [0, 0.05) is 6.20 Å². The summed E-state index contributed by atoms with van der Waals surface area (Å²) in [5.41, 5.74) is 1.76. The molecule has 1 aliphatic rings. The van der Waals surface area contributed by atoms with Gasteiger partial charge in [-0.15, -0.1) is 9.83 Å². The second kappa shape index (κ2) is 1.58. The van der Waals surface area contributed by atoms with E-state index in [1.165, 1.54) is 0 Å². The van der Waals surface area contributed by atoms with Crippen LogP contribution in [0.1, 0.15) is 0 Å². The topological polar surface area (TPSA) is 38.4 Å². The molecule has 0 aliphatic carbocycles. The third kappa shape index (κ3) is 1.27. The maximum atomic E-state index is 5.59. The summed E-state index contributed by atoms with van der Waals surface area (Å²) in [4.78, 5) is 3.82. The van der Waals surface area contributed by atoms with Gasteiger partial charge in [-0.25, -0.2) is 0 Å². The molecule has 0 aromatic carbocycles. The van der Waals surface area contributed by atoms with Crippen LogP contribution in [0.15, 0.2) is 16.6 Å². The van der Waals surface area contributed by atoms with E-state index in [4.69, 9.17) is 5.14 Å². The normalized spacial score (nSPS) is 46.6. The second-order valence-electron chi connectivity index (χ2n) is 1.36. The Morgan fingerprint density at radius 3 is 2.57 bits per heavy atom. The first kappa shape index (κ1) is 5.29. The SMILES string of the molecule is NS1(P)C=CN=C1. The lowest BCUT2D eigenvalue weighted by atomic mass is 11.1. The average molecular weight is 134 g/mol. The quantitative estimate of drug-likeness (QED) is 0.492. The Balaban J connectivity index is 2.77. The monoisotopic (exact) mass is 134 g/mol. The van der Waals surface area contributed by atoms with Gasteiger partial charge in [-0.1, -0.05) is 8.44 Å². The third-order valence-corrected chi connectivity index (χ3v) is 2.54. The molecule has 0 radical (unpaired) electrons. The lowest BCUT2D eigenvalue weighted by Crippen LogP contribution is -1.95. The molecule has 0 aromatic rings. The fourth-order valence-corrected chi connectivity index (χ4v) is 1.37. The van der Waals surface area contributed by atoms with Crippen molar-refractivity contribution in [1.29, 1.82) is 0 Å². The number of nitrogens with zero attached hydrogens (tertiary/aromatic N) is 1. The third-order valence-electron chi connectivity index (χ3n) is 0.626. The summed E-state index contributed by atoms with van der Waals surface area (Å²) in [7, 11) is 1.45. The average Bonchev–Trinajstić information content (AvgIpc) is 1.84. The van der Waals surface area contributed by atoms with Crippen LogP contribution >= 0.6 is 18.3 Å². The maximum Gasteiger partial charge on any atom is 0.0614 e. The number of aliphatic imine (C=N–C) groups is 1. The predicted molar refractivity (Wildman–Crippen MR) is 39.1 cm³/mol. The summed E-state index contributed by atoms with van der Waals surface area (Å²) in [6.07, 6.45) is 1.72. The predicted octanol–water partition coefficient (Wildman–Crippen LogP) is 0.968. The zero-order chi connectivity index (χ0) is 5.33. The van der Waals surface area contributed by atoms with Crippen LogP contribution in [0.5, 0.6) is 0 Å². The fraction of sp³-hybridized carbons (Fsp3) is 0. The van der Waals surface area contributed by atoms with Crippen molar-refractivity contribution in [2.24, 2.45) is 10.1 Å². The molecule has 0 bridgehead atoms. The van der Waals surface area contributed by atoms with Crippen molar-refractivity contribution in [1.82, 2.24) is 0 Å². The van der Waals surface area contributed by atoms with E-state index >= 15 is 0 Å². The van der Waals surface area contributed by atoms with Gasteiger partial charge in [0.2, 0.25) is 0 Å². The van der Waals surface area contributed by atoms with E-state index in [1.54, 1.807) is 11.7 Å². The van der Waals surface area contributed by atoms with E-state index in [2.05, 4.69) is 13.4 Å². The lowest BCUT2D eigenvalue weighted by molar-refractivity contribution is 1.65. The molecule has 1 aliphatic heterocycles. The van der Waals surface area contributed by atoms with Crippen molar-refractivity contribution in [2.45, 2.75) is 0 Å². The van der Waals surface area contributed by atoms with Crippen molar-refractivity contribution in [3.8, 4) is 0 Å². The summed E-state index contributed by atoms with van der Waals surface area (Å²) < 4.78 is 0. The largest absolute Gasteiger partial charge is 0.284 e. The highest BCUT2D eigenvalue weighted by molar-refractivity contribution is 8.76. The Bertz CT molecular complexity index is 115. The molecule has 0 saturated heterocycles. The van der Waals surface area contributed by atoms with E-state index in [0.29, 0.717) is 0 Å². The molecule has 1 rings (SSSR count). The second-order valence-corrected chi connectivity index (χ2v) is 5.92. The van der Waals surface area contributed by atoms with E-state index in [1.807, 2.05) is 5.41 Å². The molecule has 7 heavy (non-hydrogen) atoms. The standard InChI is InChI=1S/C3H7N2PS/c4-7(6)2-1-5-3-7/h1-3H,4,6H2. The highest BCUT2D eigenvalue weighted by Crippen LogP contribution is 2.49. The zero-order valence-electron chi connectivity index (χ0n) is 3.74. The molecule has 2 atom stereocenters. The van der Waals surface area contributed by atoms with E-state index in [9.17, 15) is 0 Å². The minimum Gasteiger partial charge on any atom is -0.284 e. The first-order chi connectivity index (χ1) is 3.21. The summed E-state index contributed by atoms with van der Waals surface area (Å²) in [5.74, 6) is 0. The summed E-state index contributed by atoms with van der Waals surface area (Å²) in [6.45, 7) is 0. The van der Waals surface area contributed by atoms with Crippen LogP contribution in [0.4, 0.5) is 0 Å². The molecule has 0 aromatic heterocycles. The minimum absolute atomic E-state index is 1.10. The fourth-order valence-electron chi connectivity index (χ4n) is 0.316. The summed E-state index contributed by atoms with van der Waals surface area (Å²) in [6, 6.07) is 0. The van der Waals surface area contributed by atoms with Crippen LogP contribution in [0.3, 0.4) is 0 Å². The molecular formula is C3H7N2PS. The molecule has 0 fully saturated rings. The van der Waals surface area contributed by atoms with Gasteiger partial charge in [0.1, 0.15) is 0 Å². The van der Waals surface area contributed by atoms with E-state index < -0.39 is 9.83 Å². The van der Waals surface area contributed by atoms with Gasteiger partial charge < -0.3 is 0 Å². The van der Waals surface area contributed by atoms with E-state index in [0.717, 1.165) is 0 Å². The number of nitrogens with two attached hydrogens (primary N) is 1. The summed E-state index contributed by atoms with van der Waals surface area (Å²) >= 11 is 0. The van der Waals surface area contributed by atoms with Crippen molar-refractivity contribution < 1.29 is 0 Å². The highest BCUT2D eigenvalue weighted by atomic mass is 32.8. The molecule has 40 valence electrons. The molecule has 0 amide bonds. The van der Waals surface area contributed by atoms with Crippen LogP contribution in [-0.2, 0) is 0 Å². The van der Waals surface area contributed by atoms with E-state index in [-0.39, 0.29) is 0 Å². The van der Waals surface area contributed by atoms with Crippen LogP contribution in [0.2, 0.25) is 0 Å². The molecule has 4 heteroatoms. The van der Waals surface area contributed by atoms with Gasteiger partial charge in [-0.05, 0) is 5.41 Å². The van der Waals surface area contributed by atoms with Crippen LogP contribution < -0.4 is 5.14 Å². The first-order valence-electron chi connectivity index (χ1n) is 1.79. The minimum atomic E-state index is -1.10. The molecule has 2 N–H and O–H groups in total. The number of hydrogen-bond donors (Lipinski definition) is 1. The van der Waals surface area contributed by atoms with Gasteiger partial charge in [0.05, 0.1) is 5.55 Å². The van der Waals surface area contributed by atoms with Gasteiger partial charge in [0.15, 0.2) is 0 Å². The van der Waals surface area contributed by atoms with Gasteiger partial charge in [-0.2, -0.15) is 0 Å². The number of hydrogen-bond acceptors (Lipinski definition) is 2. The van der Waals surface area contributed by atoms with Gasteiger partial charge >= 0.3 is 0 Å². The Hall–Kier alpha value is 0.150. The van der Waals surface area contributed by atoms with Crippen molar-refractivity contribution in [3.05, 3.63) is 11.6 Å². The van der Waals surface area contributed by atoms with Crippen LogP contribution in [-0.4, -0.2) is 5.55 Å².